The van der Waals surface area contributed by atoms with E-state index in [2.05, 4.69) is 22.6 Å². The fraction of sp³-hybridized carbons (Fsp3) is 0.150. The minimum absolute atomic E-state index is 0.338. The van der Waals surface area contributed by atoms with E-state index in [0.29, 0.717) is 16.9 Å². The zero-order valence-electron chi connectivity index (χ0n) is 15.1. The molecule has 0 aliphatic rings. The van der Waals surface area contributed by atoms with Crippen molar-refractivity contribution in [2.45, 2.75) is 6.04 Å². The molecule has 27 heavy (non-hydrogen) atoms. The zero-order valence-corrected chi connectivity index (χ0v) is 15.1. The maximum Gasteiger partial charge on any atom is 0.267 e. The van der Waals surface area contributed by atoms with Crippen molar-refractivity contribution in [1.29, 1.82) is 0 Å². The Balaban J connectivity index is 2.03. The molecule has 0 fully saturated rings. The third-order valence-electron chi connectivity index (χ3n) is 4.32. The number of rotatable bonds is 6. The van der Waals surface area contributed by atoms with Gasteiger partial charge in [0, 0.05) is 36.4 Å². The fourth-order valence-corrected chi connectivity index (χ4v) is 3.07. The molecule has 0 aliphatic heterocycles. The van der Waals surface area contributed by atoms with Crippen molar-refractivity contribution >= 4 is 29.4 Å². The van der Waals surface area contributed by atoms with Gasteiger partial charge in [0.1, 0.15) is 11.8 Å². The van der Waals surface area contributed by atoms with E-state index in [4.69, 9.17) is 4.74 Å². The van der Waals surface area contributed by atoms with Gasteiger partial charge in [0.05, 0.1) is 12.7 Å². The number of nitrogens with one attached hydrogen (secondary N) is 2. The molecule has 7 nitrogen and oxygen atoms in total. The monoisotopic (exact) mass is 364 g/mol. The number of amides is 2. The smallest absolute Gasteiger partial charge is 0.267 e. The Labute approximate surface area is 156 Å². The largest absolute Gasteiger partial charge is 0.496 e. The number of hydrogen-bond acceptors (Lipinski definition) is 4. The number of carbonyl (C=O) groups is 2. The molecular formula is C20H20N4O3. The van der Waals surface area contributed by atoms with Gasteiger partial charge in [-0.3, -0.25) is 9.59 Å². The van der Waals surface area contributed by atoms with Crippen LogP contribution in [0.3, 0.4) is 0 Å². The molecule has 1 heterocycles. The number of aryl methyl sites for hydroxylation is 1. The van der Waals surface area contributed by atoms with Crippen LogP contribution in [-0.2, 0) is 11.8 Å². The molecule has 2 N–H and O–H groups in total. The number of ether oxygens (including phenoxy) is 1. The van der Waals surface area contributed by atoms with Gasteiger partial charge in [0.15, 0.2) is 0 Å². The second kappa shape index (κ2) is 7.74. The minimum atomic E-state index is -0.945. The van der Waals surface area contributed by atoms with E-state index in [-0.39, 0.29) is 0 Å². The third kappa shape index (κ3) is 3.52. The molecule has 0 aliphatic carbocycles. The van der Waals surface area contributed by atoms with Crippen LogP contribution in [-0.4, -0.2) is 30.2 Å². The van der Waals surface area contributed by atoms with E-state index in [0.717, 1.165) is 10.9 Å². The highest BCUT2D eigenvalue weighted by Gasteiger charge is 2.27. The van der Waals surface area contributed by atoms with Gasteiger partial charge in [-0.05, 0) is 18.2 Å². The average Bonchev–Trinajstić information content (AvgIpc) is 3.02. The number of nitrogens with zero attached hydrogens (tertiary/aromatic N) is 2. The minimum Gasteiger partial charge on any atom is -0.496 e. The lowest BCUT2D eigenvalue weighted by Gasteiger charge is -2.17. The van der Waals surface area contributed by atoms with Gasteiger partial charge in [-0.1, -0.05) is 30.3 Å². The van der Waals surface area contributed by atoms with Gasteiger partial charge in [-0.25, -0.2) is 5.43 Å². The Morgan fingerprint density at radius 1 is 1.15 bits per heavy atom. The van der Waals surface area contributed by atoms with Crippen LogP contribution in [0, 0.1) is 0 Å². The van der Waals surface area contributed by atoms with E-state index in [1.807, 2.05) is 42.1 Å². The molecule has 1 unspecified atom stereocenters. The molecule has 0 radical (unpaired) electrons. The van der Waals surface area contributed by atoms with Crippen molar-refractivity contribution in [2.75, 3.05) is 7.11 Å². The van der Waals surface area contributed by atoms with Crippen LogP contribution in [0.4, 0.5) is 0 Å². The number of carbonyl (C=O) groups excluding carboxylic acids is 2. The summed E-state index contributed by atoms with van der Waals surface area (Å²) in [4.78, 5) is 25.5. The van der Waals surface area contributed by atoms with Crippen LogP contribution in [0.1, 0.15) is 22.0 Å². The van der Waals surface area contributed by atoms with Crippen molar-refractivity contribution in [3.8, 4) is 5.75 Å². The maximum absolute atomic E-state index is 12.8. The van der Waals surface area contributed by atoms with E-state index in [9.17, 15) is 9.59 Å². The molecule has 1 atom stereocenters. The maximum atomic E-state index is 12.8. The molecule has 0 saturated heterocycles. The molecule has 0 spiro atoms. The summed E-state index contributed by atoms with van der Waals surface area (Å²) in [6, 6.07) is 13.5. The van der Waals surface area contributed by atoms with Crippen molar-refractivity contribution in [3.05, 3.63) is 65.9 Å². The highest BCUT2D eigenvalue weighted by molar-refractivity contribution is 6.01. The first-order chi connectivity index (χ1) is 13.1. The molecule has 1 aromatic heterocycles. The zero-order chi connectivity index (χ0) is 19.4. The topological polar surface area (TPSA) is 84.7 Å². The van der Waals surface area contributed by atoms with Crippen LogP contribution in [0.5, 0.6) is 5.75 Å². The molecule has 7 heteroatoms. The molecule has 2 aromatic carbocycles. The van der Waals surface area contributed by atoms with Crippen molar-refractivity contribution in [1.82, 2.24) is 15.3 Å². The molecular weight excluding hydrogens is 344 g/mol. The summed E-state index contributed by atoms with van der Waals surface area (Å²) in [5.74, 6) is -0.483. The van der Waals surface area contributed by atoms with Gasteiger partial charge in [-0.2, -0.15) is 5.10 Å². The van der Waals surface area contributed by atoms with Crippen LogP contribution in [0.25, 0.3) is 10.9 Å². The van der Waals surface area contributed by atoms with Gasteiger partial charge < -0.3 is 14.6 Å². The lowest BCUT2D eigenvalue weighted by molar-refractivity contribution is -0.123. The van der Waals surface area contributed by atoms with Crippen molar-refractivity contribution in [3.63, 3.8) is 0 Å². The van der Waals surface area contributed by atoms with Gasteiger partial charge in [-0.15, -0.1) is 0 Å². The summed E-state index contributed by atoms with van der Waals surface area (Å²) in [5, 5.41) is 7.10. The summed E-state index contributed by atoms with van der Waals surface area (Å²) in [6.07, 6.45) is 1.82. The Hall–Kier alpha value is -3.61. The normalized spacial score (nSPS) is 11.6. The van der Waals surface area contributed by atoms with Crippen LogP contribution >= 0.6 is 0 Å². The number of benzene rings is 2. The molecule has 0 saturated carbocycles. The first-order valence-electron chi connectivity index (χ1n) is 8.30. The molecule has 2 amide bonds. The number of methoxy groups -OCH3 is 1. The molecule has 3 aromatic rings. The second-order valence-corrected chi connectivity index (χ2v) is 5.95. The number of hydrazone groups is 1. The molecule has 138 valence electrons. The van der Waals surface area contributed by atoms with Crippen molar-refractivity contribution in [2.24, 2.45) is 12.1 Å². The predicted molar refractivity (Wildman–Crippen MR) is 104 cm³/mol. The third-order valence-corrected chi connectivity index (χ3v) is 4.32. The second-order valence-electron chi connectivity index (χ2n) is 5.95. The van der Waals surface area contributed by atoms with Gasteiger partial charge >= 0.3 is 0 Å². The van der Waals surface area contributed by atoms with Gasteiger partial charge in [0.2, 0.25) is 0 Å². The predicted octanol–water partition coefficient (Wildman–Crippen LogP) is 2.39. The fourth-order valence-electron chi connectivity index (χ4n) is 3.07. The van der Waals surface area contributed by atoms with Crippen LogP contribution in [0.2, 0.25) is 0 Å². The summed E-state index contributed by atoms with van der Waals surface area (Å²) in [7, 11) is 3.37. The SMILES string of the molecule is C=NNC(=O)C(NC(=O)c1ccccc1OC)c1cn(C)c2ccccc12. The Kier molecular flexibility index (Phi) is 5.21. The van der Waals surface area contributed by atoms with E-state index >= 15 is 0 Å². The highest BCUT2D eigenvalue weighted by Crippen LogP contribution is 2.27. The quantitative estimate of drug-likeness (QED) is 0.520. The Morgan fingerprint density at radius 2 is 1.85 bits per heavy atom. The number of fused-ring (bicyclic) bond motifs is 1. The van der Waals surface area contributed by atoms with E-state index in [1.54, 1.807) is 24.3 Å². The standard InChI is InChI=1S/C20H20N4O3/c1-21-23-20(26)18(15-12-24(2)16-10-6-4-8-13(15)16)22-19(25)14-9-5-7-11-17(14)27-3/h4-12,18H,1H2,2-3H3,(H,22,25)(H,23,26). The Bertz CT molecular complexity index is 1010. The van der Waals surface area contributed by atoms with Crippen LogP contribution in [0.15, 0.2) is 59.8 Å². The number of para-hydroxylation sites is 2. The van der Waals surface area contributed by atoms with E-state index < -0.39 is 17.9 Å². The van der Waals surface area contributed by atoms with Gasteiger partial charge in [0.25, 0.3) is 11.8 Å². The first kappa shape index (κ1) is 18.2. The summed E-state index contributed by atoms with van der Waals surface area (Å²) >= 11 is 0. The summed E-state index contributed by atoms with van der Waals surface area (Å²) in [5.41, 5.74) is 4.27. The lowest BCUT2D eigenvalue weighted by atomic mass is 10.0. The van der Waals surface area contributed by atoms with E-state index in [1.165, 1.54) is 7.11 Å². The van der Waals surface area contributed by atoms with Crippen molar-refractivity contribution < 1.29 is 14.3 Å². The molecule has 0 bridgehead atoms. The number of hydrogen-bond donors (Lipinski definition) is 2. The Morgan fingerprint density at radius 3 is 2.59 bits per heavy atom. The number of aromatic nitrogens is 1. The molecule has 3 rings (SSSR count). The average molecular weight is 364 g/mol. The van der Waals surface area contributed by atoms with Crippen LogP contribution < -0.4 is 15.5 Å². The first-order valence-corrected chi connectivity index (χ1v) is 8.30. The lowest BCUT2D eigenvalue weighted by Crippen LogP contribution is -2.38. The highest BCUT2D eigenvalue weighted by atomic mass is 16.5. The summed E-state index contributed by atoms with van der Waals surface area (Å²) < 4.78 is 7.15. The summed E-state index contributed by atoms with van der Waals surface area (Å²) in [6.45, 7) is 3.29.